The highest BCUT2D eigenvalue weighted by Gasteiger charge is 2.34. The lowest BCUT2D eigenvalue weighted by atomic mass is 9.97. The van der Waals surface area contributed by atoms with Crippen LogP contribution in [0, 0.1) is 0 Å². The number of hydrogen-bond donors (Lipinski definition) is 0. The molecule has 0 N–H and O–H groups in total. The summed E-state index contributed by atoms with van der Waals surface area (Å²) in [5.74, 6) is 1.10. The van der Waals surface area contributed by atoms with E-state index in [2.05, 4.69) is 10.1 Å². The van der Waals surface area contributed by atoms with Gasteiger partial charge in [-0.1, -0.05) is 30.3 Å². The number of carbonyl (C=O) groups excluding carboxylic acids is 1. The molecule has 2 heterocycles. The Bertz CT molecular complexity index is 1040. The molecule has 1 aromatic heterocycles. The summed E-state index contributed by atoms with van der Waals surface area (Å²) in [6.07, 6.45) is 5.44. The standard InChI is InChI=1S/C22H21N3O3/c1-22(2)12-17-10-16(11-19(27-3)21(17)28-22)20(26)18(25-14-23-13-24-25)9-15-7-5-4-6-8-15/h4-11,13-14H,12H2,1-3H3. The van der Waals surface area contributed by atoms with Gasteiger partial charge in [-0.2, -0.15) is 5.10 Å². The van der Waals surface area contributed by atoms with Gasteiger partial charge in [0.2, 0.25) is 5.78 Å². The summed E-state index contributed by atoms with van der Waals surface area (Å²) in [6, 6.07) is 13.2. The third-order valence-corrected chi connectivity index (χ3v) is 4.61. The van der Waals surface area contributed by atoms with Gasteiger partial charge in [-0.3, -0.25) is 4.79 Å². The zero-order valence-electron chi connectivity index (χ0n) is 16.0. The van der Waals surface area contributed by atoms with E-state index in [0.717, 1.165) is 11.1 Å². The van der Waals surface area contributed by atoms with Gasteiger partial charge in [-0.05, 0) is 37.6 Å². The average molecular weight is 375 g/mol. The van der Waals surface area contributed by atoms with Gasteiger partial charge in [0.25, 0.3) is 0 Å². The largest absolute Gasteiger partial charge is 0.493 e. The summed E-state index contributed by atoms with van der Waals surface area (Å²) >= 11 is 0. The minimum Gasteiger partial charge on any atom is -0.493 e. The van der Waals surface area contributed by atoms with Crippen LogP contribution in [0.15, 0.2) is 55.1 Å². The maximum atomic E-state index is 13.4. The first kappa shape index (κ1) is 18.0. The lowest BCUT2D eigenvalue weighted by Gasteiger charge is -2.17. The Morgan fingerprint density at radius 2 is 2.04 bits per heavy atom. The first-order chi connectivity index (χ1) is 13.5. The summed E-state index contributed by atoms with van der Waals surface area (Å²) in [4.78, 5) is 17.4. The number of fused-ring (bicyclic) bond motifs is 1. The van der Waals surface area contributed by atoms with Crippen LogP contribution in [-0.4, -0.2) is 33.3 Å². The van der Waals surface area contributed by atoms with Crippen LogP contribution >= 0.6 is 0 Å². The van der Waals surface area contributed by atoms with E-state index in [1.807, 2.05) is 50.2 Å². The Morgan fingerprint density at radius 1 is 1.25 bits per heavy atom. The van der Waals surface area contributed by atoms with E-state index in [1.165, 1.54) is 17.3 Å². The second-order valence-electron chi connectivity index (χ2n) is 7.31. The number of carbonyl (C=O) groups is 1. The molecule has 0 unspecified atom stereocenters. The Labute approximate surface area is 163 Å². The Balaban J connectivity index is 1.80. The van der Waals surface area contributed by atoms with E-state index < -0.39 is 0 Å². The summed E-state index contributed by atoms with van der Waals surface area (Å²) < 4.78 is 13.0. The number of allylic oxidation sites excluding steroid dienone is 1. The highest BCUT2D eigenvalue weighted by Crippen LogP contribution is 2.43. The van der Waals surface area contributed by atoms with Crippen molar-refractivity contribution in [3.63, 3.8) is 0 Å². The maximum Gasteiger partial charge on any atom is 0.211 e. The van der Waals surface area contributed by atoms with Crippen molar-refractivity contribution in [2.45, 2.75) is 25.9 Å². The second kappa shape index (κ2) is 6.96. The fourth-order valence-corrected chi connectivity index (χ4v) is 3.38. The van der Waals surface area contributed by atoms with E-state index in [1.54, 1.807) is 19.3 Å². The van der Waals surface area contributed by atoms with Gasteiger partial charge in [-0.15, -0.1) is 0 Å². The molecule has 0 bridgehead atoms. The van der Waals surface area contributed by atoms with Crippen LogP contribution < -0.4 is 9.47 Å². The van der Waals surface area contributed by atoms with Gasteiger partial charge in [0.05, 0.1) is 7.11 Å². The van der Waals surface area contributed by atoms with E-state index in [0.29, 0.717) is 29.2 Å². The molecule has 1 aliphatic rings. The first-order valence-electron chi connectivity index (χ1n) is 9.03. The predicted octanol–water partition coefficient (Wildman–Crippen LogP) is 3.88. The van der Waals surface area contributed by atoms with Crippen molar-refractivity contribution in [2.24, 2.45) is 0 Å². The van der Waals surface area contributed by atoms with E-state index in [9.17, 15) is 4.79 Å². The normalized spacial score (nSPS) is 15.0. The molecular formula is C22H21N3O3. The summed E-state index contributed by atoms with van der Waals surface area (Å²) in [6.45, 7) is 4.04. The lowest BCUT2D eigenvalue weighted by molar-refractivity contribution is 0.105. The fraction of sp³-hybridized carbons (Fsp3) is 0.227. The second-order valence-corrected chi connectivity index (χ2v) is 7.31. The monoisotopic (exact) mass is 375 g/mol. The molecule has 6 nitrogen and oxygen atoms in total. The summed E-state index contributed by atoms with van der Waals surface area (Å²) in [5, 5.41) is 4.16. The molecule has 6 heteroatoms. The number of hydrogen-bond acceptors (Lipinski definition) is 5. The van der Waals surface area contributed by atoms with Crippen LogP contribution in [0.4, 0.5) is 0 Å². The van der Waals surface area contributed by atoms with Gasteiger partial charge in [0.15, 0.2) is 11.5 Å². The van der Waals surface area contributed by atoms with Gasteiger partial charge in [0, 0.05) is 17.5 Å². The molecule has 1 aliphatic heterocycles. The number of nitrogens with zero attached hydrogens (tertiary/aromatic N) is 3. The van der Waals surface area contributed by atoms with Crippen molar-refractivity contribution >= 4 is 17.6 Å². The number of benzene rings is 2. The van der Waals surface area contributed by atoms with Crippen LogP contribution in [-0.2, 0) is 6.42 Å². The van der Waals surface area contributed by atoms with Crippen molar-refractivity contribution in [1.82, 2.24) is 14.8 Å². The zero-order valence-corrected chi connectivity index (χ0v) is 16.0. The van der Waals surface area contributed by atoms with E-state index in [4.69, 9.17) is 9.47 Å². The van der Waals surface area contributed by atoms with Crippen LogP contribution in [0.3, 0.4) is 0 Å². The minimum absolute atomic E-state index is 0.167. The topological polar surface area (TPSA) is 66.2 Å². The molecule has 0 saturated heterocycles. The maximum absolute atomic E-state index is 13.4. The third kappa shape index (κ3) is 3.41. The van der Waals surface area contributed by atoms with Gasteiger partial charge in [0.1, 0.15) is 24.0 Å². The smallest absolute Gasteiger partial charge is 0.211 e. The predicted molar refractivity (Wildman–Crippen MR) is 106 cm³/mol. The zero-order chi connectivity index (χ0) is 19.7. The molecule has 0 amide bonds. The van der Waals surface area contributed by atoms with Gasteiger partial charge < -0.3 is 9.47 Å². The lowest BCUT2D eigenvalue weighted by Crippen LogP contribution is -2.24. The molecule has 28 heavy (non-hydrogen) atoms. The molecule has 4 rings (SSSR count). The molecule has 3 aromatic rings. The van der Waals surface area contributed by atoms with E-state index in [-0.39, 0.29) is 11.4 Å². The Hall–Kier alpha value is -3.41. The highest BCUT2D eigenvalue weighted by molar-refractivity contribution is 6.28. The van der Waals surface area contributed by atoms with Crippen LogP contribution in [0.25, 0.3) is 11.8 Å². The first-order valence-corrected chi connectivity index (χ1v) is 9.03. The van der Waals surface area contributed by atoms with Crippen molar-refractivity contribution in [3.8, 4) is 11.5 Å². The molecule has 0 radical (unpaired) electrons. The van der Waals surface area contributed by atoms with Crippen LogP contribution in [0.1, 0.15) is 35.3 Å². The summed E-state index contributed by atoms with van der Waals surface area (Å²) in [5.41, 5.74) is 2.47. The number of methoxy groups -OCH3 is 1. The van der Waals surface area contributed by atoms with Crippen molar-refractivity contribution in [3.05, 3.63) is 71.8 Å². The quantitative estimate of drug-likeness (QED) is 0.500. The number of Topliss-reactive ketones (excluding diaryl/α,β-unsaturated/α-hetero) is 1. The van der Waals surface area contributed by atoms with E-state index >= 15 is 0 Å². The minimum atomic E-state index is -0.327. The molecule has 0 aliphatic carbocycles. The molecule has 0 fully saturated rings. The fourth-order valence-electron chi connectivity index (χ4n) is 3.38. The number of ketones is 1. The molecule has 0 atom stereocenters. The van der Waals surface area contributed by atoms with Crippen LogP contribution in [0.2, 0.25) is 0 Å². The molecule has 142 valence electrons. The van der Waals surface area contributed by atoms with Gasteiger partial charge >= 0.3 is 0 Å². The SMILES string of the molecule is COc1cc(C(=O)C(=Cc2ccccc2)n2cncn2)cc2c1OC(C)(C)C2. The van der Waals surface area contributed by atoms with Crippen LogP contribution in [0.5, 0.6) is 11.5 Å². The molecule has 0 saturated carbocycles. The highest BCUT2D eigenvalue weighted by atomic mass is 16.5. The molecule has 0 spiro atoms. The number of ether oxygens (including phenoxy) is 2. The Morgan fingerprint density at radius 3 is 2.71 bits per heavy atom. The number of rotatable bonds is 5. The molecule has 2 aromatic carbocycles. The summed E-state index contributed by atoms with van der Waals surface area (Å²) in [7, 11) is 1.58. The Kier molecular flexibility index (Phi) is 4.47. The molecular weight excluding hydrogens is 354 g/mol. The van der Waals surface area contributed by atoms with Crippen molar-refractivity contribution in [1.29, 1.82) is 0 Å². The van der Waals surface area contributed by atoms with Crippen molar-refractivity contribution in [2.75, 3.05) is 7.11 Å². The average Bonchev–Trinajstić information content (AvgIpc) is 3.31. The van der Waals surface area contributed by atoms with Gasteiger partial charge in [-0.25, -0.2) is 9.67 Å². The number of aromatic nitrogens is 3. The third-order valence-electron chi connectivity index (χ3n) is 4.61. The van der Waals surface area contributed by atoms with Crippen molar-refractivity contribution < 1.29 is 14.3 Å².